The van der Waals surface area contributed by atoms with E-state index < -0.39 is 18.0 Å². The van der Waals surface area contributed by atoms with Crippen LogP contribution in [0.15, 0.2) is 54.6 Å². The Morgan fingerprint density at radius 1 is 0.903 bits per heavy atom. The SMILES string of the molecule is CC(C)CCCCNC(=O)[C@@H](Cc1ccc(-c2ccccc2)cc1)NC(=O)[C@H](N)CN. The zero-order valence-electron chi connectivity index (χ0n) is 18.6. The fourth-order valence-electron chi connectivity index (χ4n) is 3.31. The van der Waals surface area contributed by atoms with Crippen molar-refractivity contribution in [3.05, 3.63) is 60.2 Å². The van der Waals surface area contributed by atoms with Crippen LogP contribution >= 0.6 is 0 Å². The van der Waals surface area contributed by atoms with E-state index in [1.54, 1.807) is 0 Å². The highest BCUT2D eigenvalue weighted by Crippen LogP contribution is 2.19. The molecule has 0 saturated carbocycles. The summed E-state index contributed by atoms with van der Waals surface area (Å²) in [5.41, 5.74) is 14.4. The van der Waals surface area contributed by atoms with E-state index in [-0.39, 0.29) is 12.5 Å². The number of nitrogens with one attached hydrogen (secondary N) is 2. The molecule has 2 aromatic rings. The van der Waals surface area contributed by atoms with Crippen LogP contribution in [-0.2, 0) is 16.0 Å². The summed E-state index contributed by atoms with van der Waals surface area (Å²) in [6, 6.07) is 16.6. The zero-order chi connectivity index (χ0) is 22.6. The summed E-state index contributed by atoms with van der Waals surface area (Å²) >= 11 is 0. The normalized spacial score (nSPS) is 12.9. The minimum Gasteiger partial charge on any atom is -0.354 e. The third-order valence-corrected chi connectivity index (χ3v) is 5.23. The molecule has 6 N–H and O–H groups in total. The van der Waals surface area contributed by atoms with Crippen molar-refractivity contribution in [3.8, 4) is 11.1 Å². The summed E-state index contributed by atoms with van der Waals surface area (Å²) in [6.07, 6.45) is 3.50. The van der Waals surface area contributed by atoms with Crippen LogP contribution in [0.25, 0.3) is 11.1 Å². The molecule has 2 amide bonds. The second kappa shape index (κ2) is 12.9. The van der Waals surface area contributed by atoms with Crippen molar-refractivity contribution in [2.75, 3.05) is 13.1 Å². The molecule has 0 aliphatic carbocycles. The van der Waals surface area contributed by atoms with E-state index in [2.05, 4.69) is 36.6 Å². The fraction of sp³-hybridized carbons (Fsp3) is 0.440. The summed E-state index contributed by atoms with van der Waals surface area (Å²) in [6.45, 7) is 5.00. The van der Waals surface area contributed by atoms with Crippen LogP contribution in [0.4, 0.5) is 0 Å². The van der Waals surface area contributed by atoms with Gasteiger partial charge in [0.2, 0.25) is 11.8 Å². The lowest BCUT2D eigenvalue weighted by Crippen LogP contribution is -2.54. The Morgan fingerprint density at radius 2 is 1.55 bits per heavy atom. The van der Waals surface area contributed by atoms with Crippen molar-refractivity contribution in [2.45, 2.75) is 51.6 Å². The van der Waals surface area contributed by atoms with Gasteiger partial charge in [0.25, 0.3) is 0 Å². The van der Waals surface area contributed by atoms with Crippen molar-refractivity contribution in [2.24, 2.45) is 17.4 Å². The molecule has 168 valence electrons. The molecule has 0 saturated heterocycles. The van der Waals surface area contributed by atoms with Gasteiger partial charge < -0.3 is 22.1 Å². The van der Waals surface area contributed by atoms with Crippen molar-refractivity contribution in [1.82, 2.24) is 10.6 Å². The van der Waals surface area contributed by atoms with Crippen LogP contribution in [0.5, 0.6) is 0 Å². The maximum Gasteiger partial charge on any atom is 0.242 e. The molecule has 0 aliphatic rings. The van der Waals surface area contributed by atoms with E-state index in [0.717, 1.165) is 36.0 Å². The molecule has 2 aromatic carbocycles. The number of hydrogen-bond acceptors (Lipinski definition) is 4. The van der Waals surface area contributed by atoms with Crippen LogP contribution in [0.1, 0.15) is 38.7 Å². The van der Waals surface area contributed by atoms with Gasteiger partial charge in [-0.15, -0.1) is 0 Å². The number of amides is 2. The smallest absolute Gasteiger partial charge is 0.242 e. The maximum atomic E-state index is 12.8. The van der Waals surface area contributed by atoms with Gasteiger partial charge in [0.15, 0.2) is 0 Å². The molecular weight excluding hydrogens is 388 g/mol. The number of carbonyl (C=O) groups is 2. The van der Waals surface area contributed by atoms with E-state index in [9.17, 15) is 9.59 Å². The molecule has 0 aromatic heterocycles. The third kappa shape index (κ3) is 8.52. The first-order valence-electron chi connectivity index (χ1n) is 11.1. The second-order valence-electron chi connectivity index (χ2n) is 8.35. The van der Waals surface area contributed by atoms with Gasteiger partial charge >= 0.3 is 0 Å². The molecule has 0 aliphatic heterocycles. The van der Waals surface area contributed by atoms with Gasteiger partial charge in [0.05, 0.1) is 6.04 Å². The highest BCUT2D eigenvalue weighted by atomic mass is 16.2. The van der Waals surface area contributed by atoms with Crippen molar-refractivity contribution in [1.29, 1.82) is 0 Å². The van der Waals surface area contributed by atoms with E-state index in [4.69, 9.17) is 11.5 Å². The largest absolute Gasteiger partial charge is 0.354 e. The van der Waals surface area contributed by atoms with Crippen LogP contribution in [0.3, 0.4) is 0 Å². The molecule has 0 radical (unpaired) electrons. The van der Waals surface area contributed by atoms with Crippen molar-refractivity contribution >= 4 is 11.8 Å². The van der Waals surface area contributed by atoms with E-state index in [0.29, 0.717) is 18.9 Å². The first kappa shape index (κ1) is 24.6. The summed E-state index contributed by atoms with van der Waals surface area (Å²) in [4.78, 5) is 25.1. The monoisotopic (exact) mass is 424 g/mol. The Labute approximate surface area is 185 Å². The molecule has 0 unspecified atom stereocenters. The Hall–Kier alpha value is -2.70. The predicted octanol–water partition coefficient (Wildman–Crippen LogP) is 2.61. The predicted molar refractivity (Wildman–Crippen MR) is 126 cm³/mol. The topological polar surface area (TPSA) is 110 Å². The van der Waals surface area contributed by atoms with Crippen LogP contribution < -0.4 is 22.1 Å². The Kier molecular flexibility index (Phi) is 10.2. The lowest BCUT2D eigenvalue weighted by atomic mass is 10.00. The molecule has 2 rings (SSSR count). The lowest BCUT2D eigenvalue weighted by Gasteiger charge is -2.20. The van der Waals surface area contributed by atoms with Crippen LogP contribution in [0.2, 0.25) is 0 Å². The van der Waals surface area contributed by atoms with Crippen LogP contribution in [-0.4, -0.2) is 37.0 Å². The van der Waals surface area contributed by atoms with Gasteiger partial charge in [-0.25, -0.2) is 0 Å². The Bertz CT molecular complexity index is 806. The van der Waals surface area contributed by atoms with E-state index >= 15 is 0 Å². The minimum absolute atomic E-state index is 0.0289. The first-order chi connectivity index (χ1) is 14.9. The number of unbranched alkanes of at least 4 members (excludes halogenated alkanes) is 1. The summed E-state index contributed by atoms with van der Waals surface area (Å²) in [5.74, 6) is 0.0389. The van der Waals surface area contributed by atoms with Gasteiger partial charge in [0.1, 0.15) is 6.04 Å². The fourth-order valence-corrected chi connectivity index (χ4v) is 3.31. The van der Waals surface area contributed by atoms with Gasteiger partial charge in [-0.3, -0.25) is 9.59 Å². The van der Waals surface area contributed by atoms with E-state index in [1.165, 1.54) is 0 Å². The quantitative estimate of drug-likeness (QED) is 0.393. The Balaban J connectivity index is 2.02. The molecule has 31 heavy (non-hydrogen) atoms. The summed E-state index contributed by atoms with van der Waals surface area (Å²) < 4.78 is 0. The van der Waals surface area contributed by atoms with Gasteiger partial charge in [0, 0.05) is 19.5 Å². The molecule has 0 spiro atoms. The average molecular weight is 425 g/mol. The standard InChI is InChI=1S/C25H36N4O2/c1-18(2)8-6-7-15-28-25(31)23(29-24(30)22(27)17-26)16-19-11-13-21(14-12-19)20-9-4-3-5-10-20/h3-5,9-14,18,22-23H,6-8,15-17,26-27H2,1-2H3,(H,28,31)(H,29,30)/t22-,23-/m1/s1. The lowest BCUT2D eigenvalue weighted by molar-refractivity contribution is -0.129. The molecule has 2 atom stereocenters. The summed E-state index contributed by atoms with van der Waals surface area (Å²) in [5, 5.41) is 5.72. The van der Waals surface area contributed by atoms with Gasteiger partial charge in [-0.1, -0.05) is 81.3 Å². The number of nitrogens with two attached hydrogens (primary N) is 2. The molecule has 0 heterocycles. The molecular formula is C25H36N4O2. The second-order valence-corrected chi connectivity index (χ2v) is 8.35. The van der Waals surface area contributed by atoms with Gasteiger partial charge in [-0.2, -0.15) is 0 Å². The number of carbonyl (C=O) groups excluding carboxylic acids is 2. The Morgan fingerprint density at radius 3 is 2.16 bits per heavy atom. The number of rotatable bonds is 12. The average Bonchev–Trinajstić information content (AvgIpc) is 2.78. The molecule has 0 fully saturated rings. The zero-order valence-corrected chi connectivity index (χ0v) is 18.6. The molecule has 6 heteroatoms. The maximum absolute atomic E-state index is 12.8. The highest BCUT2D eigenvalue weighted by molar-refractivity contribution is 5.90. The number of hydrogen-bond donors (Lipinski definition) is 4. The van der Waals surface area contributed by atoms with Crippen molar-refractivity contribution in [3.63, 3.8) is 0 Å². The third-order valence-electron chi connectivity index (χ3n) is 5.23. The van der Waals surface area contributed by atoms with Gasteiger partial charge in [-0.05, 0) is 29.0 Å². The van der Waals surface area contributed by atoms with E-state index in [1.807, 2.05) is 42.5 Å². The highest BCUT2D eigenvalue weighted by Gasteiger charge is 2.23. The van der Waals surface area contributed by atoms with Crippen molar-refractivity contribution < 1.29 is 9.59 Å². The molecule has 6 nitrogen and oxygen atoms in total. The summed E-state index contributed by atoms with van der Waals surface area (Å²) in [7, 11) is 0. The molecule has 0 bridgehead atoms. The number of benzene rings is 2. The first-order valence-corrected chi connectivity index (χ1v) is 11.1. The van der Waals surface area contributed by atoms with Crippen LogP contribution in [0, 0.1) is 5.92 Å². The minimum atomic E-state index is -0.832.